The molecule has 1 aliphatic rings. The van der Waals surface area contributed by atoms with Gasteiger partial charge in [0, 0.05) is 0 Å². The molecule has 0 aromatic rings. The van der Waals surface area contributed by atoms with Crippen LogP contribution in [0.3, 0.4) is 0 Å². The summed E-state index contributed by atoms with van der Waals surface area (Å²) in [6.45, 7) is -0.241. The van der Waals surface area contributed by atoms with E-state index >= 15 is 0 Å². The van der Waals surface area contributed by atoms with E-state index in [0.717, 1.165) is 0 Å². The lowest BCUT2D eigenvalue weighted by Gasteiger charge is -2.12. The Morgan fingerprint density at radius 1 is 1.39 bits per heavy atom. The Morgan fingerprint density at radius 2 is 2.00 bits per heavy atom. The maximum absolute atomic E-state index is 11.7. The molecule has 18 heavy (non-hydrogen) atoms. The predicted molar refractivity (Wildman–Crippen MR) is 61.2 cm³/mol. The number of carboxylic acids is 1. The van der Waals surface area contributed by atoms with Crippen LogP contribution in [-0.2, 0) is 19.4 Å². The first-order chi connectivity index (χ1) is 8.29. The third-order valence-corrected chi connectivity index (χ3v) is 4.48. The molecule has 8 heteroatoms. The van der Waals surface area contributed by atoms with Crippen LogP contribution >= 0.6 is 0 Å². The molecule has 100 valence electrons. The Morgan fingerprint density at radius 3 is 2.44 bits per heavy atom. The number of rotatable bonds is 7. The largest absolute Gasteiger partial charge is 0.481 e. The van der Waals surface area contributed by atoms with Crippen molar-refractivity contribution in [3.63, 3.8) is 0 Å². The zero-order valence-electron chi connectivity index (χ0n) is 9.68. The lowest BCUT2D eigenvalue weighted by molar-refractivity contribution is -0.138. The number of aliphatic carboxylic acids is 1. The second-order valence-corrected chi connectivity index (χ2v) is 6.60. The van der Waals surface area contributed by atoms with E-state index in [1.807, 2.05) is 0 Å². The van der Waals surface area contributed by atoms with Crippen LogP contribution in [-0.4, -0.2) is 43.5 Å². The second kappa shape index (κ2) is 5.35. The Kier molecular flexibility index (Phi) is 4.29. The van der Waals surface area contributed by atoms with Crippen molar-refractivity contribution in [1.82, 2.24) is 5.32 Å². The Hall–Kier alpha value is -1.62. The van der Waals surface area contributed by atoms with Crippen molar-refractivity contribution < 1.29 is 23.1 Å². The average Bonchev–Trinajstić information content (AvgIpc) is 2.91. The summed E-state index contributed by atoms with van der Waals surface area (Å²) in [5.41, 5.74) is -0.694. The van der Waals surface area contributed by atoms with E-state index in [1.54, 1.807) is 6.07 Å². The fourth-order valence-electron chi connectivity index (χ4n) is 1.78. The Labute approximate surface area is 105 Å². The van der Waals surface area contributed by atoms with Gasteiger partial charge >= 0.3 is 5.97 Å². The molecule has 1 amide bonds. The maximum atomic E-state index is 11.7. The van der Waals surface area contributed by atoms with E-state index in [1.165, 1.54) is 0 Å². The first-order valence-corrected chi connectivity index (χ1v) is 7.17. The van der Waals surface area contributed by atoms with Crippen LogP contribution in [0, 0.1) is 16.7 Å². The average molecular weight is 274 g/mol. The van der Waals surface area contributed by atoms with Gasteiger partial charge in [-0.05, 0) is 18.3 Å². The molecule has 1 saturated carbocycles. The number of carbonyl (C=O) groups is 2. The lowest BCUT2D eigenvalue weighted by atomic mass is 10.1. The quantitative estimate of drug-likeness (QED) is 0.591. The molecule has 1 fully saturated rings. The van der Waals surface area contributed by atoms with Gasteiger partial charge < -0.3 is 10.4 Å². The van der Waals surface area contributed by atoms with Gasteiger partial charge in [-0.3, -0.25) is 9.59 Å². The summed E-state index contributed by atoms with van der Waals surface area (Å²) in [5, 5.41) is 19.0. The van der Waals surface area contributed by atoms with Gasteiger partial charge in [-0.2, -0.15) is 5.26 Å². The van der Waals surface area contributed by atoms with Crippen LogP contribution in [0.15, 0.2) is 0 Å². The normalized spacial score (nSPS) is 16.6. The van der Waals surface area contributed by atoms with E-state index in [4.69, 9.17) is 10.4 Å². The number of nitriles is 1. The van der Waals surface area contributed by atoms with Crippen molar-refractivity contribution in [1.29, 1.82) is 5.26 Å². The van der Waals surface area contributed by atoms with E-state index in [2.05, 4.69) is 5.32 Å². The van der Waals surface area contributed by atoms with Crippen LogP contribution in [0.2, 0.25) is 0 Å². The van der Waals surface area contributed by atoms with Crippen LogP contribution < -0.4 is 5.32 Å². The molecule has 0 aromatic heterocycles. The van der Waals surface area contributed by atoms with Gasteiger partial charge in [-0.25, -0.2) is 8.42 Å². The molecule has 0 unspecified atom stereocenters. The van der Waals surface area contributed by atoms with Gasteiger partial charge in [0.05, 0.1) is 18.2 Å². The van der Waals surface area contributed by atoms with Gasteiger partial charge in [0.25, 0.3) is 0 Å². The topological polar surface area (TPSA) is 124 Å². The van der Waals surface area contributed by atoms with Gasteiger partial charge in [-0.1, -0.05) is 0 Å². The van der Waals surface area contributed by atoms with E-state index in [9.17, 15) is 18.0 Å². The molecule has 7 nitrogen and oxygen atoms in total. The van der Waals surface area contributed by atoms with Crippen molar-refractivity contribution >= 4 is 21.7 Å². The number of carboxylic acid groups (broad SMARTS) is 1. The fraction of sp³-hybridized carbons (Fsp3) is 0.700. The van der Waals surface area contributed by atoms with Gasteiger partial charge in [-0.15, -0.1) is 0 Å². The van der Waals surface area contributed by atoms with Crippen molar-refractivity contribution in [2.45, 2.75) is 19.3 Å². The van der Waals surface area contributed by atoms with Crippen LogP contribution in [0.4, 0.5) is 0 Å². The van der Waals surface area contributed by atoms with Crippen molar-refractivity contribution in [3.8, 4) is 6.07 Å². The maximum Gasteiger partial charge on any atom is 0.303 e. The first kappa shape index (κ1) is 14.4. The summed E-state index contributed by atoms with van der Waals surface area (Å²) in [7, 11) is -3.64. The molecule has 0 heterocycles. The minimum atomic E-state index is -3.64. The molecule has 0 spiro atoms. The highest BCUT2D eigenvalue weighted by molar-refractivity contribution is 7.92. The molecular weight excluding hydrogens is 260 g/mol. The minimum Gasteiger partial charge on any atom is -0.481 e. The number of carbonyl (C=O) groups excluding carboxylic acids is 1. The molecule has 1 rings (SSSR count). The summed E-state index contributed by atoms with van der Waals surface area (Å²) in [4.78, 5) is 21.8. The van der Waals surface area contributed by atoms with Crippen LogP contribution in [0.25, 0.3) is 0 Å². The summed E-state index contributed by atoms with van der Waals surface area (Å²) >= 11 is 0. The molecule has 0 radical (unpaired) electrons. The minimum absolute atomic E-state index is 0.188. The SMILES string of the molecule is N#CCNC(=O)CS(=O)(=O)CC1(CC(=O)O)CC1. The Bertz CT molecular complexity index is 487. The zero-order chi connectivity index (χ0) is 13.8. The summed E-state index contributed by atoms with van der Waals surface area (Å²) in [6.07, 6.45) is 0.919. The van der Waals surface area contributed by atoms with Gasteiger partial charge in [0.2, 0.25) is 5.91 Å². The molecule has 0 bridgehead atoms. The molecule has 1 aliphatic carbocycles. The van der Waals surface area contributed by atoms with Crippen LogP contribution in [0.1, 0.15) is 19.3 Å². The summed E-state index contributed by atoms with van der Waals surface area (Å²) < 4.78 is 23.4. The monoisotopic (exact) mass is 274 g/mol. The van der Waals surface area contributed by atoms with Gasteiger partial charge in [0.1, 0.15) is 12.3 Å². The highest BCUT2D eigenvalue weighted by Gasteiger charge is 2.47. The molecule has 0 saturated heterocycles. The second-order valence-electron chi connectivity index (χ2n) is 4.54. The summed E-state index contributed by atoms with van der Waals surface area (Å²) in [6, 6.07) is 1.67. The first-order valence-electron chi connectivity index (χ1n) is 5.34. The molecule has 0 aromatic carbocycles. The van der Waals surface area contributed by atoms with Crippen LogP contribution in [0.5, 0.6) is 0 Å². The third kappa shape index (κ3) is 4.71. The number of sulfone groups is 1. The highest BCUT2D eigenvalue weighted by Crippen LogP contribution is 2.49. The van der Waals surface area contributed by atoms with E-state index in [0.29, 0.717) is 12.8 Å². The van der Waals surface area contributed by atoms with Crippen molar-refractivity contribution in [3.05, 3.63) is 0 Å². The van der Waals surface area contributed by atoms with Crippen molar-refractivity contribution in [2.24, 2.45) is 5.41 Å². The number of hydrogen-bond acceptors (Lipinski definition) is 5. The van der Waals surface area contributed by atoms with Crippen molar-refractivity contribution in [2.75, 3.05) is 18.1 Å². The fourth-order valence-corrected chi connectivity index (χ4v) is 3.70. The molecule has 0 aliphatic heterocycles. The zero-order valence-corrected chi connectivity index (χ0v) is 10.5. The van der Waals surface area contributed by atoms with E-state index < -0.39 is 32.9 Å². The Balaban J connectivity index is 2.53. The summed E-state index contributed by atoms with van der Waals surface area (Å²) in [5.74, 6) is -2.75. The standard InChI is InChI=1S/C10H14N2O5S/c11-3-4-12-8(13)6-18(16,17)7-10(1-2-10)5-9(14)15/h1-2,4-7H2,(H,12,13)(H,14,15). The third-order valence-electron chi connectivity index (χ3n) is 2.73. The lowest BCUT2D eigenvalue weighted by Crippen LogP contribution is -2.33. The number of nitrogens with zero attached hydrogens (tertiary/aromatic N) is 1. The number of nitrogens with one attached hydrogen (secondary N) is 1. The van der Waals surface area contributed by atoms with Gasteiger partial charge in [0.15, 0.2) is 9.84 Å². The smallest absolute Gasteiger partial charge is 0.303 e. The number of amides is 1. The highest BCUT2D eigenvalue weighted by atomic mass is 32.2. The predicted octanol–water partition coefficient (Wildman–Crippen LogP) is -0.704. The molecule has 0 atom stereocenters. The molecule has 2 N–H and O–H groups in total. The molecular formula is C10H14N2O5S. The number of hydrogen-bond donors (Lipinski definition) is 2. The van der Waals surface area contributed by atoms with E-state index in [-0.39, 0.29) is 18.7 Å².